The van der Waals surface area contributed by atoms with E-state index in [0.717, 1.165) is 5.56 Å². The molecule has 0 aliphatic rings. The van der Waals surface area contributed by atoms with Crippen LogP contribution >= 0.6 is 15.9 Å². The number of nitrogens with two attached hydrogens (primary N) is 1. The molecule has 0 atom stereocenters. The van der Waals surface area contributed by atoms with Crippen LogP contribution in [0.4, 0.5) is 5.95 Å². The highest BCUT2D eigenvalue weighted by Gasteiger charge is 2.15. The van der Waals surface area contributed by atoms with Gasteiger partial charge in [0.05, 0.1) is 6.26 Å². The molecule has 3 aromatic rings. The Morgan fingerprint density at radius 3 is 2.70 bits per heavy atom. The summed E-state index contributed by atoms with van der Waals surface area (Å²) in [6, 6.07) is 13.6. The van der Waals surface area contributed by atoms with Gasteiger partial charge in [0, 0.05) is 0 Å². The van der Waals surface area contributed by atoms with Crippen molar-refractivity contribution in [3.63, 3.8) is 0 Å². The van der Waals surface area contributed by atoms with E-state index in [1.54, 1.807) is 18.4 Å². The third-order valence-electron chi connectivity index (χ3n) is 3.02. The van der Waals surface area contributed by atoms with Crippen molar-refractivity contribution in [2.24, 2.45) is 0 Å². The smallest absolute Gasteiger partial charge is 0.234 e. The monoisotopic (exact) mass is 371 g/mol. The van der Waals surface area contributed by atoms with E-state index in [4.69, 9.17) is 14.9 Å². The molecule has 6 heteroatoms. The van der Waals surface area contributed by atoms with E-state index in [1.807, 2.05) is 42.5 Å². The molecule has 0 bridgehead atoms. The van der Waals surface area contributed by atoms with Crippen molar-refractivity contribution >= 4 is 28.0 Å². The van der Waals surface area contributed by atoms with Crippen LogP contribution in [-0.4, -0.2) is 16.6 Å². The molecule has 2 aromatic heterocycles. The van der Waals surface area contributed by atoms with Gasteiger partial charge in [0.1, 0.15) is 16.8 Å². The predicted octanol–water partition coefficient (Wildman–Crippen LogP) is 4.17. The number of furan rings is 1. The van der Waals surface area contributed by atoms with Crippen LogP contribution in [0.3, 0.4) is 0 Å². The molecule has 3 rings (SSSR count). The van der Waals surface area contributed by atoms with E-state index in [2.05, 4.69) is 25.9 Å². The molecule has 0 fully saturated rings. The summed E-state index contributed by atoms with van der Waals surface area (Å²) in [6.45, 7) is 0.363. The number of benzene rings is 1. The van der Waals surface area contributed by atoms with Gasteiger partial charge in [0.15, 0.2) is 5.76 Å². The quantitative estimate of drug-likeness (QED) is 0.728. The van der Waals surface area contributed by atoms with E-state index in [-0.39, 0.29) is 5.95 Å². The van der Waals surface area contributed by atoms with E-state index in [0.29, 0.717) is 28.4 Å². The molecule has 2 N–H and O–H groups in total. The number of nitrogens with zero attached hydrogens (tertiary/aromatic N) is 2. The molecular formula is C17H14BrN3O2. The number of ether oxygens (including phenoxy) is 1. The van der Waals surface area contributed by atoms with E-state index in [1.165, 1.54) is 0 Å². The highest BCUT2D eigenvalue weighted by Crippen LogP contribution is 2.33. The molecule has 23 heavy (non-hydrogen) atoms. The Bertz CT molecular complexity index is 802. The number of rotatable bonds is 5. The average molecular weight is 372 g/mol. The summed E-state index contributed by atoms with van der Waals surface area (Å²) in [5.41, 5.74) is 7.41. The fourth-order valence-electron chi connectivity index (χ4n) is 1.99. The van der Waals surface area contributed by atoms with E-state index < -0.39 is 0 Å². The third-order valence-corrected chi connectivity index (χ3v) is 3.73. The van der Waals surface area contributed by atoms with Crippen LogP contribution in [0, 0.1) is 0 Å². The molecule has 0 spiro atoms. The first-order chi connectivity index (χ1) is 11.2. The van der Waals surface area contributed by atoms with Crippen molar-refractivity contribution in [1.29, 1.82) is 0 Å². The molecule has 2 heterocycles. The number of hydrogen-bond donors (Lipinski definition) is 1. The number of hydrogen-bond acceptors (Lipinski definition) is 5. The number of aromatic nitrogens is 2. The zero-order valence-electron chi connectivity index (χ0n) is 12.1. The summed E-state index contributed by atoms with van der Waals surface area (Å²) >= 11 is 3.44. The van der Waals surface area contributed by atoms with Gasteiger partial charge in [0.25, 0.3) is 0 Å². The van der Waals surface area contributed by atoms with Crippen molar-refractivity contribution in [1.82, 2.24) is 9.97 Å². The van der Waals surface area contributed by atoms with E-state index in [9.17, 15) is 0 Å². The van der Waals surface area contributed by atoms with Crippen LogP contribution in [0.15, 0.2) is 63.7 Å². The Kier molecular flexibility index (Phi) is 4.73. The fourth-order valence-corrected chi connectivity index (χ4v) is 2.48. The summed E-state index contributed by atoms with van der Waals surface area (Å²) in [4.78, 5) is 8.29. The van der Waals surface area contributed by atoms with Crippen molar-refractivity contribution in [2.45, 2.75) is 0 Å². The summed E-state index contributed by atoms with van der Waals surface area (Å²) in [5.74, 6) is 1.10. The first-order valence-corrected chi connectivity index (χ1v) is 7.74. The molecule has 0 aliphatic heterocycles. The normalized spacial score (nSPS) is 11.0. The van der Waals surface area contributed by atoms with Gasteiger partial charge in [-0.1, -0.05) is 36.4 Å². The lowest BCUT2D eigenvalue weighted by Crippen LogP contribution is -2.03. The fraction of sp³-hybridized carbons (Fsp3) is 0.0588. The second kappa shape index (κ2) is 7.11. The van der Waals surface area contributed by atoms with E-state index >= 15 is 0 Å². The largest absolute Gasteiger partial charge is 0.472 e. The summed E-state index contributed by atoms with van der Waals surface area (Å²) < 4.78 is 11.6. The number of nitrogen functional groups attached to an aromatic ring is 1. The molecule has 0 saturated heterocycles. The van der Waals surface area contributed by atoms with Gasteiger partial charge in [0.2, 0.25) is 11.8 Å². The van der Waals surface area contributed by atoms with Gasteiger partial charge < -0.3 is 14.9 Å². The summed E-state index contributed by atoms with van der Waals surface area (Å²) in [7, 11) is 0. The lowest BCUT2D eigenvalue weighted by Gasteiger charge is -2.08. The minimum atomic E-state index is 0.127. The zero-order valence-corrected chi connectivity index (χ0v) is 13.7. The SMILES string of the molecule is Nc1nc(OC/C=C/c2ccccc2)c(Br)c(-c2ccco2)n1. The minimum Gasteiger partial charge on any atom is -0.472 e. The lowest BCUT2D eigenvalue weighted by atomic mass is 10.2. The van der Waals surface area contributed by atoms with Crippen LogP contribution in [0.5, 0.6) is 5.88 Å². The van der Waals surface area contributed by atoms with Crippen molar-refractivity contribution in [2.75, 3.05) is 12.3 Å². The predicted molar refractivity (Wildman–Crippen MR) is 92.8 cm³/mol. The van der Waals surface area contributed by atoms with Crippen LogP contribution in [0.1, 0.15) is 5.56 Å². The van der Waals surface area contributed by atoms with Crippen LogP contribution < -0.4 is 10.5 Å². The van der Waals surface area contributed by atoms with Crippen molar-refractivity contribution < 1.29 is 9.15 Å². The van der Waals surface area contributed by atoms with Gasteiger partial charge in [-0.25, -0.2) is 4.98 Å². The second-order valence-corrected chi connectivity index (χ2v) is 5.44. The Morgan fingerprint density at radius 1 is 1.13 bits per heavy atom. The maximum absolute atomic E-state index is 5.75. The molecule has 1 aromatic carbocycles. The van der Waals surface area contributed by atoms with Crippen LogP contribution in [0.25, 0.3) is 17.5 Å². The Balaban J connectivity index is 1.74. The Hall–Kier alpha value is -2.60. The standard InChI is InChI=1S/C17H14BrN3O2/c18-14-15(13-9-5-10-22-13)20-17(19)21-16(14)23-11-4-8-12-6-2-1-3-7-12/h1-10H,11H2,(H2,19,20,21)/b8-4+. The molecule has 0 aliphatic carbocycles. The average Bonchev–Trinajstić information content (AvgIpc) is 3.09. The molecular weight excluding hydrogens is 358 g/mol. The maximum atomic E-state index is 5.75. The molecule has 0 amide bonds. The van der Waals surface area contributed by atoms with Gasteiger partial charge in [-0.15, -0.1) is 0 Å². The minimum absolute atomic E-state index is 0.127. The molecule has 0 unspecified atom stereocenters. The first-order valence-electron chi connectivity index (χ1n) is 6.95. The van der Waals surface area contributed by atoms with Crippen LogP contribution in [0.2, 0.25) is 0 Å². The number of anilines is 1. The highest BCUT2D eigenvalue weighted by atomic mass is 79.9. The van der Waals surface area contributed by atoms with Gasteiger partial charge in [-0.3, -0.25) is 0 Å². The third kappa shape index (κ3) is 3.78. The molecule has 5 nitrogen and oxygen atoms in total. The first kappa shape index (κ1) is 15.3. The zero-order chi connectivity index (χ0) is 16.1. The Labute approximate surface area is 142 Å². The molecule has 0 saturated carbocycles. The summed E-state index contributed by atoms with van der Waals surface area (Å²) in [5, 5.41) is 0. The second-order valence-electron chi connectivity index (χ2n) is 4.65. The number of halogens is 1. The van der Waals surface area contributed by atoms with Crippen LogP contribution in [-0.2, 0) is 0 Å². The van der Waals surface area contributed by atoms with Gasteiger partial charge >= 0.3 is 0 Å². The highest BCUT2D eigenvalue weighted by molar-refractivity contribution is 9.10. The summed E-state index contributed by atoms with van der Waals surface area (Å²) in [6.07, 6.45) is 5.46. The van der Waals surface area contributed by atoms with Crippen molar-refractivity contribution in [3.05, 3.63) is 64.8 Å². The maximum Gasteiger partial charge on any atom is 0.234 e. The molecule has 0 radical (unpaired) electrons. The molecule has 116 valence electrons. The van der Waals surface area contributed by atoms with Crippen molar-refractivity contribution in [3.8, 4) is 17.3 Å². The van der Waals surface area contributed by atoms with Gasteiger partial charge in [-0.05, 0) is 39.7 Å². The van der Waals surface area contributed by atoms with Gasteiger partial charge in [-0.2, -0.15) is 4.98 Å². The topological polar surface area (TPSA) is 74.2 Å². The lowest BCUT2D eigenvalue weighted by molar-refractivity contribution is 0.346. The Morgan fingerprint density at radius 2 is 1.96 bits per heavy atom.